The Bertz CT molecular complexity index is 278. The molecule has 0 aromatic heterocycles. The molecule has 2 aliphatic rings. The summed E-state index contributed by atoms with van der Waals surface area (Å²) in [4.78, 5) is 10.9. The smallest absolute Gasteiger partial charge is 0.306 e. The number of hydrogen-bond donors (Lipinski definition) is 2. The van der Waals surface area contributed by atoms with Gasteiger partial charge in [0.25, 0.3) is 0 Å². The van der Waals surface area contributed by atoms with Crippen molar-refractivity contribution in [2.24, 2.45) is 11.8 Å². The van der Waals surface area contributed by atoms with Crippen LogP contribution in [-0.2, 0) is 4.79 Å². The molecule has 3 nitrogen and oxygen atoms in total. The van der Waals surface area contributed by atoms with Crippen LogP contribution in [0.5, 0.6) is 0 Å². The highest BCUT2D eigenvalue weighted by Crippen LogP contribution is 2.29. The maximum Gasteiger partial charge on any atom is 0.306 e. The lowest BCUT2D eigenvalue weighted by Crippen LogP contribution is -2.40. The molecule has 2 N–H and O–H groups in total. The van der Waals surface area contributed by atoms with Gasteiger partial charge in [-0.1, -0.05) is 32.1 Å². The van der Waals surface area contributed by atoms with Crippen molar-refractivity contribution in [1.82, 2.24) is 5.32 Å². The summed E-state index contributed by atoms with van der Waals surface area (Å²) in [6.07, 6.45) is 12.2. The van der Waals surface area contributed by atoms with Gasteiger partial charge in [-0.15, -0.1) is 0 Å². The van der Waals surface area contributed by atoms with Gasteiger partial charge in [-0.2, -0.15) is 0 Å². The third kappa shape index (κ3) is 4.79. The molecule has 19 heavy (non-hydrogen) atoms. The van der Waals surface area contributed by atoms with Gasteiger partial charge < -0.3 is 10.4 Å². The van der Waals surface area contributed by atoms with E-state index < -0.39 is 5.97 Å². The largest absolute Gasteiger partial charge is 0.481 e. The normalized spacial score (nSPS) is 31.0. The zero-order chi connectivity index (χ0) is 13.7. The van der Waals surface area contributed by atoms with Crippen molar-refractivity contribution in [3.63, 3.8) is 0 Å². The molecule has 110 valence electrons. The van der Waals surface area contributed by atoms with E-state index in [1.807, 2.05) is 0 Å². The number of rotatable bonds is 5. The zero-order valence-corrected chi connectivity index (χ0v) is 12.2. The summed E-state index contributed by atoms with van der Waals surface area (Å²) in [5.41, 5.74) is 0. The number of carboxylic acids is 1. The van der Waals surface area contributed by atoms with Crippen molar-refractivity contribution in [2.45, 2.75) is 83.2 Å². The van der Waals surface area contributed by atoms with Crippen LogP contribution in [0, 0.1) is 11.8 Å². The molecule has 1 atom stereocenters. The van der Waals surface area contributed by atoms with E-state index in [1.165, 1.54) is 38.5 Å². The Balaban J connectivity index is 1.65. The summed E-state index contributed by atoms with van der Waals surface area (Å²) in [5, 5.41) is 12.7. The van der Waals surface area contributed by atoms with Gasteiger partial charge in [-0.3, -0.25) is 4.79 Å². The minimum Gasteiger partial charge on any atom is -0.481 e. The minimum absolute atomic E-state index is 0.0910. The lowest BCUT2D eigenvalue weighted by atomic mass is 9.83. The van der Waals surface area contributed by atoms with E-state index in [-0.39, 0.29) is 5.92 Å². The molecular weight excluding hydrogens is 238 g/mol. The van der Waals surface area contributed by atoms with Gasteiger partial charge in [0.1, 0.15) is 0 Å². The van der Waals surface area contributed by atoms with Crippen LogP contribution in [0.25, 0.3) is 0 Å². The van der Waals surface area contributed by atoms with Crippen molar-refractivity contribution in [1.29, 1.82) is 0 Å². The molecular formula is C16H29NO2. The van der Waals surface area contributed by atoms with Crippen molar-refractivity contribution in [2.75, 3.05) is 0 Å². The Hall–Kier alpha value is -0.570. The van der Waals surface area contributed by atoms with E-state index in [4.69, 9.17) is 5.11 Å². The highest BCUT2D eigenvalue weighted by molar-refractivity contribution is 5.70. The molecule has 2 rings (SSSR count). The van der Waals surface area contributed by atoms with Crippen LogP contribution in [0.4, 0.5) is 0 Å². The quantitative estimate of drug-likeness (QED) is 0.800. The zero-order valence-electron chi connectivity index (χ0n) is 12.2. The van der Waals surface area contributed by atoms with E-state index in [9.17, 15) is 4.79 Å². The summed E-state index contributed by atoms with van der Waals surface area (Å²) >= 11 is 0. The van der Waals surface area contributed by atoms with Crippen molar-refractivity contribution < 1.29 is 9.90 Å². The summed E-state index contributed by atoms with van der Waals surface area (Å²) in [7, 11) is 0. The highest BCUT2D eigenvalue weighted by Gasteiger charge is 2.27. The number of aliphatic carboxylic acids is 1. The molecule has 0 saturated heterocycles. The first-order valence-corrected chi connectivity index (χ1v) is 8.14. The fourth-order valence-corrected chi connectivity index (χ4v) is 3.90. The molecule has 0 unspecified atom stereocenters. The van der Waals surface area contributed by atoms with Crippen LogP contribution >= 0.6 is 0 Å². The predicted octanol–water partition coefficient (Wildman–Crippen LogP) is 3.58. The van der Waals surface area contributed by atoms with Crippen LogP contribution in [0.3, 0.4) is 0 Å². The molecule has 0 aromatic carbocycles. The molecule has 0 bridgehead atoms. The highest BCUT2D eigenvalue weighted by atomic mass is 16.4. The van der Waals surface area contributed by atoms with Gasteiger partial charge in [0, 0.05) is 12.1 Å². The molecule has 2 saturated carbocycles. The van der Waals surface area contributed by atoms with Crippen molar-refractivity contribution in [3.05, 3.63) is 0 Å². The predicted molar refractivity (Wildman–Crippen MR) is 77.2 cm³/mol. The van der Waals surface area contributed by atoms with Crippen LogP contribution in [0.15, 0.2) is 0 Å². The Labute approximate surface area is 117 Å². The first-order valence-electron chi connectivity index (χ1n) is 8.14. The van der Waals surface area contributed by atoms with Crippen LogP contribution in [0.1, 0.15) is 71.1 Å². The van der Waals surface area contributed by atoms with E-state index in [0.29, 0.717) is 12.1 Å². The third-order valence-corrected chi connectivity index (χ3v) is 5.01. The van der Waals surface area contributed by atoms with Crippen LogP contribution < -0.4 is 5.32 Å². The van der Waals surface area contributed by atoms with Gasteiger partial charge in [-0.25, -0.2) is 0 Å². The van der Waals surface area contributed by atoms with Gasteiger partial charge in [-0.05, 0) is 44.9 Å². The Morgan fingerprint density at radius 2 is 1.74 bits per heavy atom. The van der Waals surface area contributed by atoms with Gasteiger partial charge in [0.05, 0.1) is 5.92 Å². The summed E-state index contributed by atoms with van der Waals surface area (Å²) < 4.78 is 0. The Kier molecular flexibility index (Phi) is 5.68. The van der Waals surface area contributed by atoms with Gasteiger partial charge in [0.2, 0.25) is 0 Å². The molecule has 2 aliphatic carbocycles. The number of hydrogen-bond acceptors (Lipinski definition) is 2. The number of carbonyl (C=O) groups is 1. The van der Waals surface area contributed by atoms with E-state index in [2.05, 4.69) is 12.2 Å². The molecule has 0 radical (unpaired) electrons. The molecule has 2 fully saturated rings. The molecule has 0 aromatic rings. The topological polar surface area (TPSA) is 49.3 Å². The molecule has 3 heteroatoms. The van der Waals surface area contributed by atoms with Gasteiger partial charge in [0.15, 0.2) is 0 Å². The summed E-state index contributed by atoms with van der Waals surface area (Å²) in [5.74, 6) is 0.229. The fraction of sp³-hybridized carbons (Fsp3) is 0.938. The molecule has 0 amide bonds. The van der Waals surface area contributed by atoms with Gasteiger partial charge >= 0.3 is 5.97 Å². The second-order valence-corrected chi connectivity index (χ2v) is 6.69. The van der Waals surface area contributed by atoms with Crippen LogP contribution in [-0.4, -0.2) is 23.2 Å². The standard InChI is InChI=1S/C16H29NO2/c1-12(11-13-5-3-2-4-6-13)17-15-9-7-14(8-10-15)16(18)19/h12-15,17H,2-11H2,1H3,(H,18,19)/t12-,14?,15?/m1/s1. The number of carboxylic acid groups (broad SMARTS) is 1. The Morgan fingerprint density at radius 3 is 2.32 bits per heavy atom. The average molecular weight is 267 g/mol. The average Bonchev–Trinajstić information content (AvgIpc) is 2.40. The van der Waals surface area contributed by atoms with Crippen LogP contribution in [0.2, 0.25) is 0 Å². The van der Waals surface area contributed by atoms with E-state index in [1.54, 1.807) is 0 Å². The summed E-state index contributed by atoms with van der Waals surface area (Å²) in [6, 6.07) is 1.14. The first-order chi connectivity index (χ1) is 9.15. The second-order valence-electron chi connectivity index (χ2n) is 6.69. The molecule has 0 spiro atoms. The molecule has 0 heterocycles. The van der Waals surface area contributed by atoms with E-state index in [0.717, 1.165) is 31.6 Å². The Morgan fingerprint density at radius 1 is 1.11 bits per heavy atom. The summed E-state index contributed by atoms with van der Waals surface area (Å²) in [6.45, 7) is 2.30. The van der Waals surface area contributed by atoms with Crippen molar-refractivity contribution in [3.8, 4) is 0 Å². The SMILES string of the molecule is C[C@H](CC1CCCCC1)NC1CCC(C(=O)O)CC1. The second kappa shape index (κ2) is 7.28. The minimum atomic E-state index is -0.603. The maximum absolute atomic E-state index is 10.9. The monoisotopic (exact) mass is 267 g/mol. The molecule has 0 aliphatic heterocycles. The van der Waals surface area contributed by atoms with E-state index >= 15 is 0 Å². The van der Waals surface area contributed by atoms with Crippen molar-refractivity contribution >= 4 is 5.97 Å². The fourth-order valence-electron chi connectivity index (χ4n) is 3.90. The maximum atomic E-state index is 10.9. The first kappa shape index (κ1) is 14.8. The third-order valence-electron chi connectivity index (χ3n) is 5.01. The lowest BCUT2D eigenvalue weighted by Gasteiger charge is -2.31. The lowest BCUT2D eigenvalue weighted by molar-refractivity contribution is -0.142. The number of nitrogens with one attached hydrogen (secondary N) is 1.